The minimum absolute atomic E-state index is 0.0656. The number of benzene rings is 2. The molecule has 162 valence electrons. The summed E-state index contributed by atoms with van der Waals surface area (Å²) >= 11 is 5.16. The predicted molar refractivity (Wildman–Crippen MR) is 110 cm³/mol. The molecule has 0 aliphatic rings. The van der Waals surface area contributed by atoms with Crippen molar-refractivity contribution in [3.05, 3.63) is 58.1 Å². The van der Waals surface area contributed by atoms with Gasteiger partial charge in [0.1, 0.15) is 5.75 Å². The van der Waals surface area contributed by atoms with Gasteiger partial charge in [-0.1, -0.05) is 26.0 Å². The van der Waals surface area contributed by atoms with E-state index in [1.807, 2.05) is 26.0 Å². The normalized spacial score (nSPS) is 11.5. The average Bonchev–Trinajstić information content (AvgIpc) is 2.66. The highest BCUT2D eigenvalue weighted by Gasteiger charge is 2.41. The first-order valence-corrected chi connectivity index (χ1v) is 9.15. The van der Waals surface area contributed by atoms with Gasteiger partial charge in [0.15, 0.2) is 11.7 Å². The van der Waals surface area contributed by atoms with Crippen LogP contribution in [0.25, 0.3) is 0 Å². The Labute approximate surface area is 175 Å². The molecule has 2 aromatic rings. The van der Waals surface area contributed by atoms with Crippen molar-refractivity contribution in [2.24, 2.45) is 0 Å². The van der Waals surface area contributed by atoms with Gasteiger partial charge in [0.25, 0.3) is 5.69 Å². The highest BCUT2D eigenvalue weighted by Crippen LogP contribution is 2.29. The minimum Gasteiger partial charge on any atom is -0.487 e. The van der Waals surface area contributed by atoms with E-state index in [0.717, 1.165) is 23.8 Å². The number of halogens is 4. The second-order valence-electron chi connectivity index (χ2n) is 6.68. The Balaban J connectivity index is 2.12. The Bertz CT molecular complexity index is 908. The van der Waals surface area contributed by atoms with Crippen molar-refractivity contribution in [3.8, 4) is 5.75 Å². The number of nitro benzene ring substituents is 1. The number of non-ortho nitro benzene ring substituents is 1. The van der Waals surface area contributed by atoms with E-state index in [1.54, 1.807) is 12.1 Å². The first-order valence-electron chi connectivity index (χ1n) is 8.74. The summed E-state index contributed by atoms with van der Waals surface area (Å²) in [6.45, 7) is 2.47. The zero-order valence-electron chi connectivity index (χ0n) is 16.0. The molecule has 0 radical (unpaired) electrons. The number of nitro groups is 1. The summed E-state index contributed by atoms with van der Waals surface area (Å²) in [6, 6.07) is 10.5. The molecule has 0 saturated carbocycles. The number of hydrogen-bond acceptors (Lipinski definition) is 4. The van der Waals surface area contributed by atoms with Gasteiger partial charge in [-0.2, -0.15) is 8.78 Å². The van der Waals surface area contributed by atoms with Crippen LogP contribution in [0.1, 0.15) is 25.3 Å². The lowest BCUT2D eigenvalue weighted by Gasteiger charge is -2.17. The molecule has 0 fully saturated rings. The number of nitrogens with zero attached hydrogens (tertiary/aromatic N) is 1. The lowest BCUT2D eigenvalue weighted by Crippen LogP contribution is -2.33. The maximum Gasteiger partial charge on any atom is 0.340 e. The summed E-state index contributed by atoms with van der Waals surface area (Å²) in [5.41, 5.74) is 1.37. The van der Waals surface area contributed by atoms with E-state index in [0.29, 0.717) is 11.6 Å². The zero-order valence-corrected chi connectivity index (χ0v) is 16.8. The lowest BCUT2D eigenvalue weighted by atomic mass is 10.0. The molecular formula is C19H19F4N3O3S. The van der Waals surface area contributed by atoms with Crippen LogP contribution in [0.2, 0.25) is 0 Å². The van der Waals surface area contributed by atoms with Gasteiger partial charge in [0.2, 0.25) is 0 Å². The molecule has 0 amide bonds. The van der Waals surface area contributed by atoms with E-state index >= 15 is 0 Å². The van der Waals surface area contributed by atoms with Gasteiger partial charge in [0, 0.05) is 17.8 Å². The molecule has 0 aliphatic heterocycles. The fourth-order valence-corrected chi connectivity index (χ4v) is 2.57. The Morgan fingerprint density at radius 2 is 1.73 bits per heavy atom. The van der Waals surface area contributed by atoms with Crippen LogP contribution in [0, 0.1) is 10.1 Å². The Kier molecular flexibility index (Phi) is 7.54. The molecule has 6 nitrogen and oxygen atoms in total. The lowest BCUT2D eigenvalue weighted by molar-refractivity contribution is -0.384. The third-order valence-corrected chi connectivity index (χ3v) is 4.15. The topological polar surface area (TPSA) is 76.4 Å². The third kappa shape index (κ3) is 6.55. The smallest absolute Gasteiger partial charge is 0.340 e. The highest BCUT2D eigenvalue weighted by atomic mass is 32.1. The standard InChI is InChI=1S/C19H19F4N3O3S/c1-11(2)12-3-5-13(6-4-12)24-18(30)25-14-7-15(26(27)28)9-16(8-14)29-10-19(22,23)17(20)21/h3-9,11,17H,10H2,1-2H3,(H2,24,25,30). The van der Waals surface area contributed by atoms with Gasteiger partial charge >= 0.3 is 12.3 Å². The summed E-state index contributed by atoms with van der Waals surface area (Å²) < 4.78 is 55.3. The Morgan fingerprint density at radius 3 is 2.27 bits per heavy atom. The molecule has 11 heteroatoms. The molecule has 0 saturated heterocycles. The maximum atomic E-state index is 13.1. The maximum absolute atomic E-state index is 13.1. The summed E-state index contributed by atoms with van der Waals surface area (Å²) in [4.78, 5) is 10.3. The fourth-order valence-electron chi connectivity index (χ4n) is 2.33. The molecule has 2 rings (SSSR count). The zero-order chi connectivity index (χ0) is 22.5. The quantitative estimate of drug-likeness (QED) is 0.231. The van der Waals surface area contributed by atoms with Crippen LogP contribution in [0.15, 0.2) is 42.5 Å². The molecule has 2 aromatic carbocycles. The van der Waals surface area contributed by atoms with Gasteiger partial charge in [-0.15, -0.1) is 0 Å². The van der Waals surface area contributed by atoms with Crippen molar-refractivity contribution in [2.45, 2.75) is 32.1 Å². The van der Waals surface area contributed by atoms with Crippen LogP contribution in [-0.2, 0) is 0 Å². The highest BCUT2D eigenvalue weighted by molar-refractivity contribution is 7.80. The summed E-state index contributed by atoms with van der Waals surface area (Å²) in [5.74, 6) is -4.42. The van der Waals surface area contributed by atoms with E-state index in [9.17, 15) is 27.7 Å². The summed E-state index contributed by atoms with van der Waals surface area (Å²) in [5, 5.41) is 16.7. The molecule has 0 aromatic heterocycles. The molecule has 0 aliphatic carbocycles. The van der Waals surface area contributed by atoms with Crippen LogP contribution in [-0.4, -0.2) is 29.0 Å². The molecule has 0 atom stereocenters. The molecule has 30 heavy (non-hydrogen) atoms. The number of thiocarbonyl (C=S) groups is 1. The van der Waals surface area contributed by atoms with Crippen LogP contribution in [0.4, 0.5) is 34.6 Å². The van der Waals surface area contributed by atoms with Crippen molar-refractivity contribution >= 4 is 34.4 Å². The number of rotatable bonds is 8. The Morgan fingerprint density at radius 1 is 1.13 bits per heavy atom. The van der Waals surface area contributed by atoms with Crippen molar-refractivity contribution in [2.75, 3.05) is 17.2 Å². The van der Waals surface area contributed by atoms with Crippen LogP contribution in [0.5, 0.6) is 5.75 Å². The van der Waals surface area contributed by atoms with Gasteiger partial charge in [-0.3, -0.25) is 10.1 Å². The second-order valence-corrected chi connectivity index (χ2v) is 7.09. The van der Waals surface area contributed by atoms with E-state index in [2.05, 4.69) is 15.4 Å². The summed E-state index contributed by atoms with van der Waals surface area (Å²) in [6.07, 6.45) is -3.92. The first-order chi connectivity index (χ1) is 14.0. The monoisotopic (exact) mass is 445 g/mol. The predicted octanol–water partition coefficient (Wildman–Crippen LogP) is 5.81. The molecular weight excluding hydrogens is 426 g/mol. The fraction of sp³-hybridized carbons (Fsp3) is 0.316. The van der Waals surface area contributed by atoms with E-state index in [-0.39, 0.29) is 16.5 Å². The summed E-state index contributed by atoms with van der Waals surface area (Å²) in [7, 11) is 0. The number of alkyl halides is 4. The van der Waals surface area contributed by atoms with E-state index < -0.39 is 29.6 Å². The van der Waals surface area contributed by atoms with Gasteiger partial charge in [-0.25, -0.2) is 8.78 Å². The van der Waals surface area contributed by atoms with Gasteiger partial charge < -0.3 is 15.4 Å². The minimum atomic E-state index is -4.39. The molecule has 0 unspecified atom stereocenters. The molecule has 0 spiro atoms. The average molecular weight is 445 g/mol. The molecule has 0 bridgehead atoms. The molecule has 2 N–H and O–H groups in total. The first kappa shape index (κ1) is 23.3. The van der Waals surface area contributed by atoms with Crippen molar-refractivity contribution in [1.29, 1.82) is 0 Å². The SMILES string of the molecule is CC(C)c1ccc(NC(=S)Nc2cc(OCC(F)(F)C(F)F)cc([N+](=O)[O-])c2)cc1. The van der Waals surface area contributed by atoms with Crippen LogP contribution >= 0.6 is 12.2 Å². The van der Waals surface area contributed by atoms with Gasteiger partial charge in [-0.05, 0) is 35.8 Å². The van der Waals surface area contributed by atoms with Crippen LogP contribution in [0.3, 0.4) is 0 Å². The third-order valence-electron chi connectivity index (χ3n) is 3.95. The van der Waals surface area contributed by atoms with Crippen molar-refractivity contribution in [3.63, 3.8) is 0 Å². The van der Waals surface area contributed by atoms with Crippen molar-refractivity contribution in [1.82, 2.24) is 0 Å². The van der Waals surface area contributed by atoms with Gasteiger partial charge in [0.05, 0.1) is 16.7 Å². The van der Waals surface area contributed by atoms with Crippen molar-refractivity contribution < 1.29 is 27.2 Å². The number of anilines is 2. The van der Waals surface area contributed by atoms with Crippen LogP contribution < -0.4 is 15.4 Å². The number of nitrogens with one attached hydrogen (secondary N) is 2. The van der Waals surface area contributed by atoms with E-state index in [1.165, 1.54) is 0 Å². The number of hydrogen-bond donors (Lipinski definition) is 2. The van der Waals surface area contributed by atoms with E-state index in [4.69, 9.17) is 12.2 Å². The molecule has 0 heterocycles. The largest absolute Gasteiger partial charge is 0.487 e. The number of ether oxygens (including phenoxy) is 1. The second kappa shape index (κ2) is 9.70. The Hall–Kier alpha value is -2.95.